The predicted molar refractivity (Wildman–Crippen MR) is 96.1 cm³/mol. The molecule has 0 aliphatic carbocycles. The molecule has 2 aromatic heterocycles. The van der Waals surface area contributed by atoms with Crippen molar-refractivity contribution in [2.24, 2.45) is 0 Å². The molecule has 3 heterocycles. The summed E-state index contributed by atoms with van der Waals surface area (Å²) in [7, 11) is 0. The Morgan fingerprint density at radius 2 is 1.96 bits per heavy atom. The molecule has 0 spiro atoms. The number of halogens is 1. The van der Waals surface area contributed by atoms with Crippen molar-refractivity contribution < 1.29 is 9.13 Å². The first-order valence-corrected chi connectivity index (χ1v) is 8.47. The summed E-state index contributed by atoms with van der Waals surface area (Å²) in [5, 5.41) is 8.72. The molecule has 0 bridgehead atoms. The van der Waals surface area contributed by atoms with Crippen molar-refractivity contribution >= 4 is 28.2 Å². The van der Waals surface area contributed by atoms with E-state index in [-0.39, 0.29) is 5.82 Å². The van der Waals surface area contributed by atoms with E-state index in [2.05, 4.69) is 15.2 Å². The molecule has 1 aliphatic rings. The van der Waals surface area contributed by atoms with Crippen molar-refractivity contribution in [2.45, 2.75) is 13.5 Å². The van der Waals surface area contributed by atoms with Gasteiger partial charge in [-0.1, -0.05) is 24.3 Å². The molecular formula is C19H16FN5O. The molecule has 0 atom stereocenters. The third kappa shape index (κ3) is 2.17. The number of anilines is 2. The summed E-state index contributed by atoms with van der Waals surface area (Å²) in [6.07, 6.45) is 0. The normalized spacial score (nSPS) is 14.6. The van der Waals surface area contributed by atoms with Crippen molar-refractivity contribution in [2.75, 3.05) is 18.1 Å². The summed E-state index contributed by atoms with van der Waals surface area (Å²) in [6, 6.07) is 13.0. The second kappa shape index (κ2) is 5.74. The van der Waals surface area contributed by atoms with E-state index in [0.29, 0.717) is 48.1 Å². The maximum Gasteiger partial charge on any atom is 0.257 e. The molecule has 0 unspecified atom stereocenters. The average Bonchev–Trinajstić information content (AvgIpc) is 2.90. The quantitative estimate of drug-likeness (QED) is 0.527. The van der Waals surface area contributed by atoms with Crippen molar-refractivity contribution in [3.05, 3.63) is 59.7 Å². The number of rotatable bonds is 1. The monoisotopic (exact) mass is 349 g/mol. The van der Waals surface area contributed by atoms with E-state index in [4.69, 9.17) is 4.74 Å². The van der Waals surface area contributed by atoms with Crippen LogP contribution in [-0.2, 0) is 11.3 Å². The van der Waals surface area contributed by atoms with E-state index in [1.807, 2.05) is 42.2 Å². The molecular weight excluding hydrogens is 333 g/mol. The van der Waals surface area contributed by atoms with E-state index in [0.717, 1.165) is 11.3 Å². The molecule has 2 aromatic carbocycles. The summed E-state index contributed by atoms with van der Waals surface area (Å²) in [5.41, 5.74) is 2.73. The Morgan fingerprint density at radius 1 is 1.08 bits per heavy atom. The van der Waals surface area contributed by atoms with Gasteiger partial charge in [0.15, 0.2) is 0 Å². The van der Waals surface area contributed by atoms with E-state index in [9.17, 15) is 4.39 Å². The van der Waals surface area contributed by atoms with Gasteiger partial charge in [0.25, 0.3) is 5.78 Å². The lowest BCUT2D eigenvalue weighted by Crippen LogP contribution is -2.22. The van der Waals surface area contributed by atoms with Gasteiger partial charge in [0.1, 0.15) is 17.5 Å². The summed E-state index contributed by atoms with van der Waals surface area (Å²) < 4.78 is 22.4. The molecule has 0 fully saturated rings. The third-order valence-electron chi connectivity index (χ3n) is 4.72. The number of ether oxygens (including phenoxy) is 1. The van der Waals surface area contributed by atoms with Crippen molar-refractivity contribution in [1.29, 1.82) is 0 Å². The van der Waals surface area contributed by atoms with Crippen LogP contribution in [0.1, 0.15) is 11.4 Å². The van der Waals surface area contributed by atoms with Crippen LogP contribution in [0.5, 0.6) is 0 Å². The minimum atomic E-state index is -0.317. The number of benzene rings is 2. The Hall–Kier alpha value is -3.06. The maximum absolute atomic E-state index is 14.9. The molecule has 0 radical (unpaired) electrons. The summed E-state index contributed by atoms with van der Waals surface area (Å²) in [5.74, 6) is 1.35. The minimum Gasteiger partial charge on any atom is -0.375 e. The first-order valence-electron chi connectivity index (χ1n) is 8.47. The van der Waals surface area contributed by atoms with Crippen LogP contribution in [0.2, 0.25) is 0 Å². The molecule has 0 saturated carbocycles. The lowest BCUT2D eigenvalue weighted by atomic mass is 10.1. The highest BCUT2D eigenvalue weighted by atomic mass is 19.1. The predicted octanol–water partition coefficient (Wildman–Crippen LogP) is 3.39. The Balaban J connectivity index is 1.87. The van der Waals surface area contributed by atoms with Gasteiger partial charge in [-0.25, -0.2) is 4.39 Å². The zero-order valence-electron chi connectivity index (χ0n) is 14.2. The number of para-hydroxylation sites is 1. The molecule has 6 nitrogen and oxygen atoms in total. The first-order chi connectivity index (χ1) is 12.7. The number of aryl methyl sites for hydroxylation is 1. The highest BCUT2D eigenvalue weighted by molar-refractivity contribution is 5.94. The Bertz CT molecular complexity index is 1140. The van der Waals surface area contributed by atoms with Crippen molar-refractivity contribution in [3.8, 4) is 0 Å². The average molecular weight is 349 g/mol. The largest absolute Gasteiger partial charge is 0.375 e. The molecule has 4 aromatic rings. The maximum atomic E-state index is 14.9. The van der Waals surface area contributed by atoms with E-state index in [1.165, 1.54) is 6.07 Å². The van der Waals surface area contributed by atoms with Crippen molar-refractivity contribution in [3.63, 3.8) is 0 Å². The van der Waals surface area contributed by atoms with Crippen LogP contribution in [0.25, 0.3) is 16.7 Å². The van der Waals surface area contributed by atoms with Gasteiger partial charge in [-0.15, -0.1) is 10.2 Å². The second-order valence-electron chi connectivity index (χ2n) is 6.28. The van der Waals surface area contributed by atoms with Gasteiger partial charge < -0.3 is 9.64 Å². The highest BCUT2D eigenvalue weighted by Crippen LogP contribution is 2.35. The smallest absolute Gasteiger partial charge is 0.257 e. The van der Waals surface area contributed by atoms with Gasteiger partial charge in [0.05, 0.1) is 24.1 Å². The Morgan fingerprint density at radius 3 is 2.88 bits per heavy atom. The lowest BCUT2D eigenvalue weighted by molar-refractivity contribution is 0.133. The SMILES string of the molecule is Cc1nnc2nc(N3CCOCc4ccccc43)c3c(F)cccc3n12. The third-order valence-corrected chi connectivity index (χ3v) is 4.72. The van der Waals surface area contributed by atoms with Crippen molar-refractivity contribution in [1.82, 2.24) is 19.6 Å². The Labute approximate surface area is 148 Å². The molecule has 130 valence electrons. The molecule has 1 aliphatic heterocycles. The lowest BCUT2D eigenvalue weighted by Gasteiger charge is -2.25. The van der Waals surface area contributed by atoms with Gasteiger partial charge >= 0.3 is 0 Å². The van der Waals surface area contributed by atoms with Crippen LogP contribution in [0.15, 0.2) is 42.5 Å². The van der Waals surface area contributed by atoms with Crippen LogP contribution in [0.3, 0.4) is 0 Å². The summed E-state index contributed by atoms with van der Waals surface area (Å²) in [4.78, 5) is 6.68. The fraction of sp³-hybridized carbons (Fsp3) is 0.211. The molecule has 5 rings (SSSR count). The first kappa shape index (κ1) is 15.2. The number of aromatic nitrogens is 4. The van der Waals surface area contributed by atoms with Gasteiger partial charge in [0, 0.05) is 17.8 Å². The van der Waals surface area contributed by atoms with E-state index >= 15 is 0 Å². The van der Waals surface area contributed by atoms with E-state index < -0.39 is 0 Å². The molecule has 7 heteroatoms. The van der Waals surface area contributed by atoms with Crippen LogP contribution in [-0.4, -0.2) is 32.7 Å². The molecule has 0 N–H and O–H groups in total. The fourth-order valence-corrected chi connectivity index (χ4v) is 3.55. The van der Waals surface area contributed by atoms with Crippen LogP contribution >= 0.6 is 0 Å². The number of fused-ring (bicyclic) bond motifs is 4. The zero-order valence-corrected chi connectivity index (χ0v) is 14.2. The van der Waals surface area contributed by atoms with Gasteiger partial charge in [-0.3, -0.25) is 4.40 Å². The van der Waals surface area contributed by atoms with E-state index in [1.54, 1.807) is 10.5 Å². The van der Waals surface area contributed by atoms with Crippen LogP contribution in [0.4, 0.5) is 15.9 Å². The standard InChI is InChI=1S/C19H16FN5O/c1-12-22-23-19-21-18(17-14(20)6-4-8-16(17)25(12)19)24-9-10-26-11-13-5-2-3-7-15(13)24/h2-8H,9-11H2,1H3. The zero-order chi connectivity index (χ0) is 17.7. The molecule has 26 heavy (non-hydrogen) atoms. The highest BCUT2D eigenvalue weighted by Gasteiger charge is 2.23. The number of hydrogen-bond acceptors (Lipinski definition) is 5. The van der Waals surface area contributed by atoms with Gasteiger partial charge in [-0.05, 0) is 25.1 Å². The number of hydrogen-bond donors (Lipinski definition) is 0. The molecule has 0 amide bonds. The fourth-order valence-electron chi connectivity index (χ4n) is 3.55. The topological polar surface area (TPSA) is 55.5 Å². The minimum absolute atomic E-state index is 0.317. The Kier molecular flexibility index (Phi) is 3.36. The summed E-state index contributed by atoms with van der Waals surface area (Å²) in [6.45, 7) is 3.47. The van der Waals surface area contributed by atoms with Crippen LogP contribution < -0.4 is 4.90 Å². The summed E-state index contributed by atoms with van der Waals surface area (Å²) >= 11 is 0. The number of nitrogens with zero attached hydrogens (tertiary/aromatic N) is 5. The molecule has 0 saturated heterocycles. The van der Waals surface area contributed by atoms with Gasteiger partial charge in [-0.2, -0.15) is 4.98 Å². The van der Waals surface area contributed by atoms with Crippen LogP contribution in [0, 0.1) is 12.7 Å². The van der Waals surface area contributed by atoms with Gasteiger partial charge in [0.2, 0.25) is 0 Å². The second-order valence-corrected chi connectivity index (χ2v) is 6.28.